The maximum atomic E-state index is 12.5. The van der Waals surface area contributed by atoms with Gasteiger partial charge in [-0.05, 0) is 37.7 Å². The van der Waals surface area contributed by atoms with Gasteiger partial charge >= 0.3 is 0 Å². The summed E-state index contributed by atoms with van der Waals surface area (Å²) in [5.74, 6) is -0.408. The van der Waals surface area contributed by atoms with E-state index >= 15 is 0 Å². The van der Waals surface area contributed by atoms with Crippen molar-refractivity contribution in [3.05, 3.63) is 35.1 Å². The molecule has 4 unspecified atom stereocenters. The third-order valence-electron chi connectivity index (χ3n) is 6.06. The number of rotatable bonds is 1. The second-order valence-corrected chi connectivity index (χ2v) is 7.08. The Bertz CT molecular complexity index is 758. The second kappa shape index (κ2) is 4.97. The quantitative estimate of drug-likeness (QED) is 0.670. The zero-order chi connectivity index (χ0) is 17.2. The molecular formula is C18H21NO5. The fraction of sp³-hybridized carbons (Fsp3) is 0.500. The Morgan fingerprint density at radius 2 is 2.08 bits per heavy atom. The molecule has 0 spiro atoms. The van der Waals surface area contributed by atoms with Crippen LogP contribution in [0, 0.1) is 5.92 Å². The number of likely N-dealkylation sites (tertiary alicyclic amines) is 1. The minimum atomic E-state index is -0.808. The highest BCUT2D eigenvalue weighted by atomic mass is 16.5. The normalized spacial score (nSPS) is 35.0. The van der Waals surface area contributed by atoms with Gasteiger partial charge in [0, 0.05) is 29.4 Å². The number of fused-ring (bicyclic) bond motifs is 1. The van der Waals surface area contributed by atoms with Gasteiger partial charge in [0.2, 0.25) is 0 Å². The number of likely N-dealkylation sites (N-methyl/N-ethyl adjacent to an activating group) is 1. The van der Waals surface area contributed by atoms with E-state index in [4.69, 9.17) is 4.74 Å². The summed E-state index contributed by atoms with van der Waals surface area (Å²) in [4.78, 5) is 14.6. The standard InChI is InChI=1S/C18H21NO5/c1-19-6-5-18-8-12(21)13(24-2)7-10(18)15(19)16(22)9-3-4-11(20)17(23)14(9)18/h3-4,7,10,15-16,20,22-23H,5-6,8H2,1-2H3. The Morgan fingerprint density at radius 1 is 1.33 bits per heavy atom. The van der Waals surface area contributed by atoms with E-state index in [0.717, 1.165) is 0 Å². The van der Waals surface area contributed by atoms with Crippen LogP contribution in [0.25, 0.3) is 0 Å². The number of ether oxygens (including phenoxy) is 1. The van der Waals surface area contributed by atoms with Crippen LogP contribution in [0.15, 0.2) is 24.0 Å². The number of carbonyl (C=O) groups is 1. The van der Waals surface area contributed by atoms with Crippen molar-refractivity contribution in [3.8, 4) is 11.5 Å². The monoisotopic (exact) mass is 331 g/mol. The van der Waals surface area contributed by atoms with E-state index in [2.05, 4.69) is 4.90 Å². The van der Waals surface area contributed by atoms with Crippen LogP contribution < -0.4 is 0 Å². The molecule has 2 aliphatic carbocycles. The number of Topliss-reactive ketones (excluding diaryl/α,β-unsaturated/α-hetero) is 1. The van der Waals surface area contributed by atoms with Crippen LogP contribution in [0.3, 0.4) is 0 Å². The largest absolute Gasteiger partial charge is 0.504 e. The van der Waals surface area contributed by atoms with Crippen molar-refractivity contribution in [3.63, 3.8) is 0 Å². The number of nitrogens with zero attached hydrogens (tertiary/aromatic N) is 1. The molecular weight excluding hydrogens is 310 g/mol. The number of aliphatic hydroxyl groups is 1. The average molecular weight is 331 g/mol. The summed E-state index contributed by atoms with van der Waals surface area (Å²) in [7, 11) is 3.43. The number of piperidine rings is 1. The van der Waals surface area contributed by atoms with Crippen LogP contribution in [0.2, 0.25) is 0 Å². The van der Waals surface area contributed by atoms with Crippen LogP contribution in [-0.2, 0) is 14.9 Å². The molecule has 0 saturated carbocycles. The van der Waals surface area contributed by atoms with Crippen LogP contribution in [0.4, 0.5) is 0 Å². The SMILES string of the molecule is COC1=CC2C3C(O)c4ccc(O)c(O)c4C2(CCN3C)CC1=O. The van der Waals surface area contributed by atoms with E-state index in [1.165, 1.54) is 13.2 Å². The lowest BCUT2D eigenvalue weighted by Crippen LogP contribution is -2.61. The van der Waals surface area contributed by atoms with Gasteiger partial charge in [-0.25, -0.2) is 0 Å². The number of aliphatic hydroxyl groups excluding tert-OH is 1. The van der Waals surface area contributed by atoms with Gasteiger partial charge in [-0.3, -0.25) is 9.69 Å². The highest BCUT2D eigenvalue weighted by molar-refractivity contribution is 5.96. The van der Waals surface area contributed by atoms with Crippen molar-refractivity contribution in [1.29, 1.82) is 0 Å². The molecule has 128 valence electrons. The van der Waals surface area contributed by atoms with Crippen molar-refractivity contribution in [2.45, 2.75) is 30.4 Å². The molecule has 2 bridgehead atoms. The number of phenols is 2. The highest BCUT2D eigenvalue weighted by Gasteiger charge is 2.59. The molecule has 4 atom stereocenters. The molecule has 24 heavy (non-hydrogen) atoms. The Labute approximate surface area is 140 Å². The van der Waals surface area contributed by atoms with Gasteiger partial charge in [-0.2, -0.15) is 0 Å². The topological polar surface area (TPSA) is 90.2 Å². The molecule has 1 aromatic carbocycles. The third kappa shape index (κ3) is 1.75. The molecule has 1 fully saturated rings. The Kier molecular flexibility index (Phi) is 3.21. The number of hydrogen-bond acceptors (Lipinski definition) is 6. The first-order chi connectivity index (χ1) is 11.4. The molecule has 1 aromatic rings. The number of hydrogen-bond donors (Lipinski definition) is 3. The molecule has 3 aliphatic rings. The Balaban J connectivity index is 2.03. The number of ketones is 1. The second-order valence-electron chi connectivity index (χ2n) is 7.08. The number of methoxy groups -OCH3 is 1. The number of phenolic OH excluding ortho intramolecular Hbond substituents is 2. The first-order valence-corrected chi connectivity index (χ1v) is 8.13. The van der Waals surface area contributed by atoms with E-state index in [9.17, 15) is 20.1 Å². The van der Waals surface area contributed by atoms with Crippen molar-refractivity contribution in [2.75, 3.05) is 20.7 Å². The molecule has 1 saturated heterocycles. The highest BCUT2D eigenvalue weighted by Crippen LogP contribution is 2.59. The van der Waals surface area contributed by atoms with E-state index in [0.29, 0.717) is 29.9 Å². The van der Waals surface area contributed by atoms with Crippen molar-refractivity contribution in [1.82, 2.24) is 4.90 Å². The lowest BCUT2D eigenvalue weighted by molar-refractivity contribution is -0.124. The third-order valence-corrected chi connectivity index (χ3v) is 6.06. The van der Waals surface area contributed by atoms with E-state index in [1.807, 2.05) is 7.05 Å². The maximum Gasteiger partial charge on any atom is 0.197 e. The molecule has 0 amide bonds. The molecule has 6 heteroatoms. The van der Waals surface area contributed by atoms with E-state index in [-0.39, 0.29) is 35.7 Å². The molecule has 1 aliphatic heterocycles. The molecule has 0 radical (unpaired) electrons. The number of aromatic hydroxyl groups is 2. The minimum absolute atomic E-state index is 0.109. The summed E-state index contributed by atoms with van der Waals surface area (Å²) in [6, 6.07) is 2.85. The first kappa shape index (κ1) is 15.5. The van der Waals surface area contributed by atoms with Crippen LogP contribution in [0.1, 0.15) is 30.1 Å². The van der Waals surface area contributed by atoms with Crippen molar-refractivity contribution >= 4 is 5.78 Å². The summed E-state index contributed by atoms with van der Waals surface area (Å²) in [5, 5.41) is 31.5. The Morgan fingerprint density at radius 3 is 2.79 bits per heavy atom. The minimum Gasteiger partial charge on any atom is -0.504 e. The van der Waals surface area contributed by atoms with Crippen LogP contribution in [-0.4, -0.2) is 52.7 Å². The summed E-state index contributed by atoms with van der Waals surface area (Å²) in [6.45, 7) is 0.705. The van der Waals surface area contributed by atoms with Gasteiger partial charge in [0.05, 0.1) is 13.2 Å². The molecule has 0 aromatic heterocycles. The summed E-state index contributed by atoms with van der Waals surface area (Å²) in [6.07, 6.45) is 1.86. The van der Waals surface area contributed by atoms with Gasteiger partial charge in [0.25, 0.3) is 0 Å². The lowest BCUT2D eigenvalue weighted by atomic mass is 9.53. The van der Waals surface area contributed by atoms with Gasteiger partial charge in [0.15, 0.2) is 23.0 Å². The van der Waals surface area contributed by atoms with Gasteiger partial charge < -0.3 is 20.1 Å². The summed E-state index contributed by atoms with van der Waals surface area (Å²) < 4.78 is 5.23. The fourth-order valence-corrected chi connectivity index (χ4v) is 4.94. The van der Waals surface area contributed by atoms with Gasteiger partial charge in [0.1, 0.15) is 0 Å². The van der Waals surface area contributed by atoms with Crippen molar-refractivity contribution in [2.24, 2.45) is 5.92 Å². The predicted molar refractivity (Wildman–Crippen MR) is 85.7 cm³/mol. The average Bonchev–Trinajstić information content (AvgIpc) is 2.55. The van der Waals surface area contributed by atoms with E-state index in [1.54, 1.807) is 12.1 Å². The maximum absolute atomic E-state index is 12.5. The van der Waals surface area contributed by atoms with Crippen LogP contribution >= 0.6 is 0 Å². The predicted octanol–water partition coefficient (Wildman–Crippen LogP) is 1.21. The number of allylic oxidation sites excluding steroid dienone is 1. The smallest absolute Gasteiger partial charge is 0.197 e. The molecule has 1 heterocycles. The summed E-state index contributed by atoms with van der Waals surface area (Å²) >= 11 is 0. The molecule has 6 nitrogen and oxygen atoms in total. The first-order valence-electron chi connectivity index (χ1n) is 8.13. The number of carbonyl (C=O) groups excluding carboxylic acids is 1. The van der Waals surface area contributed by atoms with Crippen molar-refractivity contribution < 1.29 is 24.9 Å². The molecule has 4 rings (SSSR count). The van der Waals surface area contributed by atoms with E-state index < -0.39 is 11.5 Å². The fourth-order valence-electron chi connectivity index (χ4n) is 4.94. The molecule has 3 N–H and O–H groups in total. The summed E-state index contributed by atoms with van der Waals surface area (Å²) in [5.41, 5.74) is 0.498. The van der Waals surface area contributed by atoms with Gasteiger partial charge in [-0.1, -0.05) is 6.07 Å². The zero-order valence-electron chi connectivity index (χ0n) is 13.7. The Hall–Kier alpha value is -2.05. The zero-order valence-corrected chi connectivity index (χ0v) is 13.7. The van der Waals surface area contributed by atoms with Crippen LogP contribution in [0.5, 0.6) is 11.5 Å². The number of benzene rings is 1. The van der Waals surface area contributed by atoms with Gasteiger partial charge in [-0.15, -0.1) is 0 Å². The lowest BCUT2D eigenvalue weighted by Gasteiger charge is -2.57.